The van der Waals surface area contributed by atoms with Crippen LogP contribution in [0, 0.1) is 0 Å². The van der Waals surface area contributed by atoms with E-state index in [0.717, 1.165) is 41.7 Å². The lowest BCUT2D eigenvalue weighted by molar-refractivity contribution is 0.393. The van der Waals surface area contributed by atoms with Gasteiger partial charge in [-0.15, -0.1) is 21.8 Å². The van der Waals surface area contributed by atoms with Crippen LogP contribution >= 0.6 is 11.6 Å². The summed E-state index contributed by atoms with van der Waals surface area (Å²) in [5.74, 6) is 3.96. The van der Waals surface area contributed by atoms with Crippen LogP contribution in [-0.4, -0.2) is 29.0 Å². The van der Waals surface area contributed by atoms with Crippen molar-refractivity contribution in [1.82, 2.24) is 14.8 Å². The summed E-state index contributed by atoms with van der Waals surface area (Å²) < 4.78 is 12.7. The van der Waals surface area contributed by atoms with E-state index in [4.69, 9.17) is 21.1 Å². The first kappa shape index (κ1) is 13.2. The molecule has 1 heterocycles. The monoisotopic (exact) mass is 293 g/mol. The molecule has 0 radical (unpaired) electrons. The number of benzene rings is 1. The molecule has 0 bridgehead atoms. The smallest absolute Gasteiger partial charge is 0.152 e. The van der Waals surface area contributed by atoms with Gasteiger partial charge in [0.2, 0.25) is 0 Å². The highest BCUT2D eigenvalue weighted by Gasteiger charge is 2.31. The molecule has 1 aliphatic rings. The van der Waals surface area contributed by atoms with Crippen LogP contribution in [0.25, 0.3) is 5.69 Å². The van der Waals surface area contributed by atoms with Crippen molar-refractivity contribution in [2.24, 2.45) is 0 Å². The summed E-state index contributed by atoms with van der Waals surface area (Å²) in [5, 5.41) is 8.47. The Balaban J connectivity index is 2.14. The predicted molar refractivity (Wildman–Crippen MR) is 76.0 cm³/mol. The van der Waals surface area contributed by atoms with E-state index in [1.165, 1.54) is 0 Å². The number of hydrogen-bond donors (Lipinski definition) is 0. The highest BCUT2D eigenvalue weighted by Crippen LogP contribution is 2.41. The summed E-state index contributed by atoms with van der Waals surface area (Å²) in [7, 11) is 3.27. The minimum atomic E-state index is 0.314. The minimum Gasteiger partial charge on any atom is -0.497 e. The van der Waals surface area contributed by atoms with Crippen LogP contribution in [0.5, 0.6) is 11.5 Å². The zero-order valence-corrected chi connectivity index (χ0v) is 12.2. The predicted octanol–water partition coefficient (Wildman–Crippen LogP) is 2.90. The van der Waals surface area contributed by atoms with Crippen LogP contribution in [-0.2, 0) is 5.88 Å². The molecule has 20 heavy (non-hydrogen) atoms. The highest BCUT2D eigenvalue weighted by atomic mass is 35.5. The van der Waals surface area contributed by atoms with Crippen LogP contribution in [0.3, 0.4) is 0 Å². The van der Waals surface area contributed by atoms with Crippen molar-refractivity contribution in [3.8, 4) is 17.2 Å². The van der Waals surface area contributed by atoms with E-state index in [-0.39, 0.29) is 0 Å². The van der Waals surface area contributed by atoms with E-state index < -0.39 is 0 Å². The molecule has 3 rings (SSSR count). The molecule has 0 amide bonds. The van der Waals surface area contributed by atoms with Gasteiger partial charge < -0.3 is 9.47 Å². The summed E-state index contributed by atoms with van der Waals surface area (Å²) in [6, 6.07) is 5.69. The topological polar surface area (TPSA) is 49.2 Å². The fourth-order valence-corrected chi connectivity index (χ4v) is 2.43. The quantitative estimate of drug-likeness (QED) is 0.795. The molecule has 0 spiro atoms. The Morgan fingerprint density at radius 3 is 2.65 bits per heavy atom. The molecule has 0 N–H and O–H groups in total. The molecule has 1 aliphatic carbocycles. The average Bonchev–Trinajstić information content (AvgIpc) is 3.25. The van der Waals surface area contributed by atoms with Crippen LogP contribution in [0.15, 0.2) is 18.2 Å². The van der Waals surface area contributed by atoms with E-state index in [1.807, 2.05) is 22.8 Å². The highest BCUT2D eigenvalue weighted by molar-refractivity contribution is 6.16. The van der Waals surface area contributed by atoms with E-state index >= 15 is 0 Å². The van der Waals surface area contributed by atoms with Gasteiger partial charge in [0, 0.05) is 12.0 Å². The Kier molecular flexibility index (Phi) is 3.53. The Labute approximate surface area is 122 Å². The summed E-state index contributed by atoms with van der Waals surface area (Å²) in [6.45, 7) is 0. The van der Waals surface area contributed by atoms with Gasteiger partial charge in [0.25, 0.3) is 0 Å². The molecule has 0 aliphatic heterocycles. The fraction of sp³-hybridized carbons (Fsp3) is 0.429. The van der Waals surface area contributed by atoms with Gasteiger partial charge in [-0.1, -0.05) is 0 Å². The number of alkyl halides is 1. The first-order valence-electron chi connectivity index (χ1n) is 6.51. The van der Waals surface area contributed by atoms with Crippen molar-refractivity contribution < 1.29 is 9.47 Å². The fourth-order valence-electron chi connectivity index (χ4n) is 2.25. The molecule has 1 saturated carbocycles. The largest absolute Gasteiger partial charge is 0.497 e. The molecule has 106 valence electrons. The maximum atomic E-state index is 5.99. The third-order valence-electron chi connectivity index (χ3n) is 3.44. The zero-order chi connectivity index (χ0) is 14.1. The van der Waals surface area contributed by atoms with Crippen LogP contribution in [0.2, 0.25) is 0 Å². The Morgan fingerprint density at radius 1 is 1.25 bits per heavy atom. The third kappa shape index (κ3) is 2.22. The molecule has 5 nitrogen and oxygen atoms in total. The van der Waals surface area contributed by atoms with Gasteiger partial charge in [-0.05, 0) is 25.0 Å². The molecule has 0 atom stereocenters. The van der Waals surface area contributed by atoms with E-state index in [1.54, 1.807) is 14.2 Å². The molecule has 1 aromatic heterocycles. The molecule has 1 fully saturated rings. The van der Waals surface area contributed by atoms with Crippen molar-refractivity contribution >= 4 is 11.6 Å². The first-order chi connectivity index (χ1) is 9.78. The minimum absolute atomic E-state index is 0.314. The molecular formula is C14H16ClN3O2. The summed E-state index contributed by atoms with van der Waals surface area (Å²) in [5.41, 5.74) is 0.899. The van der Waals surface area contributed by atoms with Crippen LogP contribution in [0.4, 0.5) is 0 Å². The van der Waals surface area contributed by atoms with Crippen molar-refractivity contribution in [1.29, 1.82) is 0 Å². The number of methoxy groups -OCH3 is 2. The van der Waals surface area contributed by atoms with Gasteiger partial charge in [0.1, 0.15) is 17.3 Å². The maximum Gasteiger partial charge on any atom is 0.152 e. The van der Waals surface area contributed by atoms with Gasteiger partial charge in [0.05, 0.1) is 25.8 Å². The molecular weight excluding hydrogens is 278 g/mol. The normalized spacial score (nSPS) is 14.3. The standard InChI is InChI=1S/C14H16ClN3O2/c1-19-10-5-6-11(12(7-10)20-2)18-13(8-15)16-17-14(18)9-3-4-9/h5-7,9H,3-4,8H2,1-2H3. The Hall–Kier alpha value is -1.75. The number of aromatic nitrogens is 3. The number of nitrogens with zero attached hydrogens (tertiary/aromatic N) is 3. The molecule has 0 saturated heterocycles. The van der Waals surface area contributed by atoms with E-state index in [9.17, 15) is 0 Å². The Bertz CT molecular complexity index is 623. The lowest BCUT2D eigenvalue weighted by atomic mass is 10.2. The van der Waals surface area contributed by atoms with Crippen molar-refractivity contribution in [2.75, 3.05) is 14.2 Å². The second-order valence-corrected chi connectivity index (χ2v) is 5.02. The molecule has 6 heteroatoms. The van der Waals surface area contributed by atoms with Crippen LogP contribution in [0.1, 0.15) is 30.4 Å². The van der Waals surface area contributed by atoms with Crippen LogP contribution < -0.4 is 9.47 Å². The number of ether oxygens (including phenoxy) is 2. The molecule has 1 aromatic carbocycles. The second kappa shape index (κ2) is 5.32. The summed E-state index contributed by atoms with van der Waals surface area (Å²) in [4.78, 5) is 0. The lowest BCUT2D eigenvalue weighted by Gasteiger charge is -2.14. The van der Waals surface area contributed by atoms with Crippen molar-refractivity contribution in [3.05, 3.63) is 29.8 Å². The second-order valence-electron chi connectivity index (χ2n) is 4.76. The summed E-state index contributed by atoms with van der Waals surface area (Å²) in [6.07, 6.45) is 2.30. The molecule has 2 aromatic rings. The zero-order valence-electron chi connectivity index (χ0n) is 11.5. The van der Waals surface area contributed by atoms with Gasteiger partial charge in [0.15, 0.2) is 5.82 Å². The number of rotatable bonds is 5. The lowest BCUT2D eigenvalue weighted by Crippen LogP contribution is -2.06. The van der Waals surface area contributed by atoms with Crippen molar-refractivity contribution in [2.45, 2.75) is 24.6 Å². The van der Waals surface area contributed by atoms with E-state index in [0.29, 0.717) is 11.8 Å². The molecule has 0 unspecified atom stereocenters. The third-order valence-corrected chi connectivity index (χ3v) is 3.68. The van der Waals surface area contributed by atoms with E-state index in [2.05, 4.69) is 10.2 Å². The SMILES string of the molecule is COc1ccc(-n2c(CCl)nnc2C2CC2)c(OC)c1. The van der Waals surface area contributed by atoms with Gasteiger partial charge >= 0.3 is 0 Å². The van der Waals surface area contributed by atoms with Gasteiger partial charge in [-0.25, -0.2) is 0 Å². The van der Waals surface area contributed by atoms with Gasteiger partial charge in [-0.3, -0.25) is 4.57 Å². The Morgan fingerprint density at radius 2 is 2.05 bits per heavy atom. The number of hydrogen-bond acceptors (Lipinski definition) is 4. The van der Waals surface area contributed by atoms with Crippen molar-refractivity contribution in [3.63, 3.8) is 0 Å². The first-order valence-corrected chi connectivity index (χ1v) is 7.04. The van der Waals surface area contributed by atoms with Gasteiger partial charge in [-0.2, -0.15) is 0 Å². The average molecular weight is 294 g/mol. The number of halogens is 1. The maximum absolute atomic E-state index is 5.99. The summed E-state index contributed by atoms with van der Waals surface area (Å²) >= 11 is 5.99.